The molecule has 0 aromatic heterocycles. The quantitative estimate of drug-likeness (QED) is 0.658. The van der Waals surface area contributed by atoms with Gasteiger partial charge < -0.3 is 15.0 Å². The molecule has 1 atom stereocenters. The summed E-state index contributed by atoms with van der Waals surface area (Å²) in [5.74, 6) is -0.345. The summed E-state index contributed by atoms with van der Waals surface area (Å²) in [6.07, 6.45) is 0.731. The number of hydrogen-bond acceptors (Lipinski definition) is 5. The van der Waals surface area contributed by atoms with E-state index in [-0.39, 0.29) is 23.2 Å². The van der Waals surface area contributed by atoms with Crippen LogP contribution in [0.3, 0.4) is 0 Å². The number of nitro benzene ring substituents is 1. The predicted octanol–water partition coefficient (Wildman–Crippen LogP) is 2.40. The van der Waals surface area contributed by atoms with Crippen molar-refractivity contribution in [3.05, 3.63) is 69.8 Å². The fourth-order valence-corrected chi connectivity index (χ4v) is 3.23. The summed E-state index contributed by atoms with van der Waals surface area (Å²) in [6, 6.07) is 14.6. The second-order valence-electron chi connectivity index (χ2n) is 6.15. The number of ether oxygens (including phenoxy) is 1. The molecule has 0 spiro atoms. The first-order valence-electron chi connectivity index (χ1n) is 8.49. The maximum Gasteiger partial charge on any atom is 0.293 e. The van der Waals surface area contributed by atoms with Crippen LogP contribution in [0.1, 0.15) is 15.9 Å². The Balaban J connectivity index is 1.93. The monoisotopic (exact) mass is 355 g/mol. The number of rotatable bonds is 5. The van der Waals surface area contributed by atoms with Gasteiger partial charge in [-0.1, -0.05) is 30.3 Å². The van der Waals surface area contributed by atoms with Gasteiger partial charge in [-0.3, -0.25) is 14.9 Å². The molecule has 0 aliphatic carbocycles. The fraction of sp³-hybridized carbons (Fsp3) is 0.316. The van der Waals surface area contributed by atoms with Crippen molar-refractivity contribution in [2.45, 2.75) is 12.5 Å². The fourth-order valence-electron chi connectivity index (χ4n) is 3.23. The molecule has 7 nitrogen and oxygen atoms in total. The Morgan fingerprint density at radius 1 is 1.31 bits per heavy atom. The number of nitrogens with zero attached hydrogens (tertiary/aromatic N) is 2. The van der Waals surface area contributed by atoms with E-state index in [9.17, 15) is 14.9 Å². The van der Waals surface area contributed by atoms with Gasteiger partial charge in [0.25, 0.3) is 11.6 Å². The maximum atomic E-state index is 11.8. The standard InChI is InChI=1S/C19H21N3O4/c1-20-19(23)15-7-8-17(18(12-15)22(24)25)21-9-10-26-13-16(21)11-14-5-3-2-4-6-14/h2-8,12,16H,9-11,13H2,1H3,(H,20,23)/t16-/m1/s1. The molecular formula is C19H21N3O4. The highest BCUT2D eigenvalue weighted by atomic mass is 16.6. The van der Waals surface area contributed by atoms with Crippen LogP contribution in [-0.2, 0) is 11.2 Å². The lowest BCUT2D eigenvalue weighted by molar-refractivity contribution is -0.384. The highest BCUT2D eigenvalue weighted by molar-refractivity contribution is 5.95. The lowest BCUT2D eigenvalue weighted by Gasteiger charge is -2.37. The van der Waals surface area contributed by atoms with Gasteiger partial charge in [0.15, 0.2) is 0 Å². The molecule has 1 fully saturated rings. The van der Waals surface area contributed by atoms with Crippen LogP contribution in [0.25, 0.3) is 0 Å². The molecule has 0 unspecified atom stereocenters. The van der Waals surface area contributed by atoms with Crippen molar-refractivity contribution in [3.63, 3.8) is 0 Å². The molecule has 1 amide bonds. The van der Waals surface area contributed by atoms with E-state index in [2.05, 4.69) is 5.32 Å². The molecule has 2 aromatic rings. The number of carbonyl (C=O) groups excluding carboxylic acids is 1. The predicted molar refractivity (Wildman–Crippen MR) is 98.6 cm³/mol. The zero-order valence-corrected chi connectivity index (χ0v) is 14.6. The highest BCUT2D eigenvalue weighted by Gasteiger charge is 2.29. The van der Waals surface area contributed by atoms with Crippen molar-refractivity contribution in [2.75, 3.05) is 31.7 Å². The Morgan fingerprint density at radius 2 is 2.08 bits per heavy atom. The van der Waals surface area contributed by atoms with Crippen molar-refractivity contribution in [3.8, 4) is 0 Å². The number of benzene rings is 2. The molecule has 1 aliphatic heterocycles. The number of carbonyl (C=O) groups is 1. The van der Waals surface area contributed by atoms with Crippen LogP contribution in [0, 0.1) is 10.1 Å². The zero-order chi connectivity index (χ0) is 18.5. The summed E-state index contributed by atoms with van der Waals surface area (Å²) in [6.45, 7) is 1.58. The summed E-state index contributed by atoms with van der Waals surface area (Å²) >= 11 is 0. The minimum absolute atomic E-state index is 0.00398. The van der Waals surface area contributed by atoms with Crippen LogP contribution in [0.15, 0.2) is 48.5 Å². The first-order chi connectivity index (χ1) is 12.6. The van der Waals surface area contributed by atoms with Crippen LogP contribution in [0.5, 0.6) is 0 Å². The Hall–Kier alpha value is -2.93. The SMILES string of the molecule is CNC(=O)c1ccc(N2CCOC[C@H]2Cc2ccccc2)c([N+](=O)[O-])c1. The van der Waals surface area contributed by atoms with Gasteiger partial charge in [0.2, 0.25) is 0 Å². The molecule has 1 N–H and O–H groups in total. The molecule has 1 saturated heterocycles. The van der Waals surface area contributed by atoms with Gasteiger partial charge in [0.05, 0.1) is 24.2 Å². The number of nitro groups is 1. The number of nitrogens with one attached hydrogen (secondary N) is 1. The van der Waals surface area contributed by atoms with Crippen molar-refractivity contribution >= 4 is 17.3 Å². The van der Waals surface area contributed by atoms with Gasteiger partial charge in [0, 0.05) is 25.2 Å². The topological polar surface area (TPSA) is 84.7 Å². The minimum atomic E-state index is -0.434. The van der Waals surface area contributed by atoms with Crippen molar-refractivity contribution in [1.29, 1.82) is 0 Å². The second-order valence-corrected chi connectivity index (χ2v) is 6.15. The summed E-state index contributed by atoms with van der Waals surface area (Å²) in [5.41, 5.74) is 1.88. The molecule has 136 valence electrons. The summed E-state index contributed by atoms with van der Waals surface area (Å²) in [5, 5.41) is 14.1. The molecule has 1 aliphatic rings. The summed E-state index contributed by atoms with van der Waals surface area (Å²) < 4.78 is 5.61. The summed E-state index contributed by atoms with van der Waals surface area (Å²) in [7, 11) is 1.50. The first kappa shape index (κ1) is 17.9. The van der Waals surface area contributed by atoms with Crippen molar-refractivity contribution in [1.82, 2.24) is 5.32 Å². The van der Waals surface area contributed by atoms with Crippen LogP contribution in [0.4, 0.5) is 11.4 Å². The van der Waals surface area contributed by atoms with Gasteiger partial charge in [-0.15, -0.1) is 0 Å². The number of anilines is 1. The van der Waals surface area contributed by atoms with E-state index in [0.29, 0.717) is 25.4 Å². The van der Waals surface area contributed by atoms with Crippen LogP contribution < -0.4 is 10.2 Å². The smallest absolute Gasteiger partial charge is 0.293 e. The average molecular weight is 355 g/mol. The summed E-state index contributed by atoms with van der Waals surface area (Å²) in [4.78, 5) is 25.0. The van der Waals surface area contributed by atoms with E-state index in [0.717, 1.165) is 12.0 Å². The van der Waals surface area contributed by atoms with E-state index in [1.165, 1.54) is 13.1 Å². The molecule has 2 aromatic carbocycles. The first-order valence-corrected chi connectivity index (χ1v) is 8.49. The van der Waals surface area contributed by atoms with Crippen LogP contribution in [0.2, 0.25) is 0 Å². The van der Waals surface area contributed by atoms with E-state index < -0.39 is 4.92 Å². The van der Waals surface area contributed by atoms with E-state index >= 15 is 0 Å². The maximum absolute atomic E-state index is 11.8. The molecule has 7 heteroatoms. The third kappa shape index (κ3) is 3.83. The number of hydrogen-bond donors (Lipinski definition) is 1. The minimum Gasteiger partial charge on any atom is -0.377 e. The lowest BCUT2D eigenvalue weighted by Crippen LogP contribution is -2.47. The van der Waals surface area contributed by atoms with Gasteiger partial charge >= 0.3 is 0 Å². The molecule has 0 saturated carbocycles. The number of morpholine rings is 1. The molecule has 1 heterocycles. The Bertz CT molecular complexity index is 795. The Morgan fingerprint density at radius 3 is 2.77 bits per heavy atom. The zero-order valence-electron chi connectivity index (χ0n) is 14.6. The Kier molecular flexibility index (Phi) is 5.48. The highest BCUT2D eigenvalue weighted by Crippen LogP contribution is 2.32. The number of amides is 1. The molecule has 0 bridgehead atoms. The molecule has 0 radical (unpaired) electrons. The van der Waals surface area contributed by atoms with E-state index in [1.54, 1.807) is 12.1 Å². The largest absolute Gasteiger partial charge is 0.377 e. The van der Waals surface area contributed by atoms with Crippen molar-refractivity contribution in [2.24, 2.45) is 0 Å². The van der Waals surface area contributed by atoms with Gasteiger partial charge in [-0.05, 0) is 24.1 Å². The third-order valence-electron chi connectivity index (χ3n) is 4.51. The molecule has 3 rings (SSSR count). The van der Waals surface area contributed by atoms with Gasteiger partial charge in [-0.25, -0.2) is 0 Å². The Labute approximate surface area is 151 Å². The van der Waals surface area contributed by atoms with Crippen molar-refractivity contribution < 1.29 is 14.5 Å². The third-order valence-corrected chi connectivity index (χ3v) is 4.51. The normalized spacial score (nSPS) is 17.0. The molecular weight excluding hydrogens is 334 g/mol. The van der Waals surface area contributed by atoms with Crippen LogP contribution in [-0.4, -0.2) is 43.7 Å². The van der Waals surface area contributed by atoms with Crippen LogP contribution >= 0.6 is 0 Å². The molecule has 26 heavy (non-hydrogen) atoms. The van der Waals surface area contributed by atoms with E-state index in [1.807, 2.05) is 35.2 Å². The van der Waals surface area contributed by atoms with Gasteiger partial charge in [0.1, 0.15) is 5.69 Å². The second kappa shape index (κ2) is 7.97. The van der Waals surface area contributed by atoms with E-state index in [4.69, 9.17) is 4.74 Å². The average Bonchev–Trinajstić information content (AvgIpc) is 2.68. The van der Waals surface area contributed by atoms with Gasteiger partial charge in [-0.2, -0.15) is 0 Å². The lowest BCUT2D eigenvalue weighted by atomic mass is 10.0.